The van der Waals surface area contributed by atoms with E-state index in [2.05, 4.69) is 31.7 Å². The monoisotopic (exact) mass is 219 g/mol. The molecule has 2 aromatic rings. The van der Waals surface area contributed by atoms with Crippen LogP contribution in [0.4, 0.5) is 0 Å². The lowest BCUT2D eigenvalue weighted by Gasteiger charge is -1.94. The molecule has 0 fully saturated rings. The molecule has 0 unspecified atom stereocenters. The number of primary amides is 1. The zero-order valence-electron chi connectivity index (χ0n) is 9.69. The van der Waals surface area contributed by atoms with Crippen molar-refractivity contribution in [1.82, 2.24) is 0 Å². The molecule has 0 aliphatic heterocycles. The highest BCUT2D eigenvalue weighted by atomic mass is 16.3. The van der Waals surface area contributed by atoms with Crippen LogP contribution in [0.15, 0.2) is 28.7 Å². The summed E-state index contributed by atoms with van der Waals surface area (Å²) in [5, 5.41) is 1.28. The van der Waals surface area contributed by atoms with Crippen molar-refractivity contribution in [2.45, 2.75) is 26.7 Å². The summed E-state index contributed by atoms with van der Waals surface area (Å²) in [5.41, 5.74) is 6.56. The first-order chi connectivity index (χ1) is 7.78. The minimum Gasteiger partial charge on any atom is -0.461 e. The molecule has 0 aliphatic carbocycles. The summed E-state index contributed by atoms with van der Waals surface area (Å²) in [6.45, 7) is 4.31. The first-order valence-electron chi connectivity index (χ1n) is 5.43. The standard InChI is InChI=1S/C12H14O.CH3NO/c1-3-9-10-7-5-6-8-12(10)13-11(9)4-2;2-1-3/h5-8H,3-4H2,1-2H3;1H,(H2,2,3). The first kappa shape index (κ1) is 12.3. The van der Waals surface area contributed by atoms with Crippen molar-refractivity contribution >= 4 is 17.4 Å². The van der Waals surface area contributed by atoms with E-state index in [0.29, 0.717) is 0 Å². The average Bonchev–Trinajstić information content (AvgIpc) is 2.67. The Bertz CT molecular complexity index is 460. The van der Waals surface area contributed by atoms with Crippen LogP contribution in [0.25, 0.3) is 11.0 Å². The summed E-state index contributed by atoms with van der Waals surface area (Å²) < 4.78 is 5.74. The predicted octanol–water partition coefficient (Wildman–Crippen LogP) is 2.66. The molecule has 2 rings (SSSR count). The van der Waals surface area contributed by atoms with E-state index in [4.69, 9.17) is 9.21 Å². The number of aryl methyl sites for hydroxylation is 2. The van der Waals surface area contributed by atoms with E-state index in [1.54, 1.807) is 0 Å². The Hall–Kier alpha value is -1.77. The van der Waals surface area contributed by atoms with E-state index in [1.807, 2.05) is 12.1 Å². The largest absolute Gasteiger partial charge is 0.461 e. The Kier molecular flexibility index (Phi) is 4.58. The van der Waals surface area contributed by atoms with Gasteiger partial charge in [0, 0.05) is 17.4 Å². The van der Waals surface area contributed by atoms with Crippen molar-refractivity contribution in [1.29, 1.82) is 0 Å². The van der Waals surface area contributed by atoms with Crippen LogP contribution in [0, 0.1) is 0 Å². The molecule has 1 heterocycles. The number of benzene rings is 1. The Balaban J connectivity index is 0.000000386. The Morgan fingerprint density at radius 2 is 1.88 bits per heavy atom. The van der Waals surface area contributed by atoms with Crippen LogP contribution < -0.4 is 5.73 Å². The third kappa shape index (κ3) is 2.42. The third-order valence-corrected chi connectivity index (χ3v) is 2.46. The van der Waals surface area contributed by atoms with Gasteiger partial charge in [-0.1, -0.05) is 32.0 Å². The maximum Gasteiger partial charge on any atom is 0.204 e. The van der Waals surface area contributed by atoms with Gasteiger partial charge in [0.2, 0.25) is 6.41 Å². The fourth-order valence-electron chi connectivity index (χ4n) is 1.82. The Labute approximate surface area is 95.2 Å². The maximum atomic E-state index is 8.58. The van der Waals surface area contributed by atoms with Gasteiger partial charge >= 0.3 is 0 Å². The number of furan rings is 1. The van der Waals surface area contributed by atoms with Gasteiger partial charge in [0.05, 0.1) is 0 Å². The smallest absolute Gasteiger partial charge is 0.204 e. The quantitative estimate of drug-likeness (QED) is 0.789. The van der Waals surface area contributed by atoms with Gasteiger partial charge in [-0.2, -0.15) is 0 Å². The zero-order chi connectivity index (χ0) is 12.0. The maximum absolute atomic E-state index is 8.58. The van der Waals surface area contributed by atoms with Crippen LogP contribution in [-0.4, -0.2) is 6.41 Å². The van der Waals surface area contributed by atoms with Crippen molar-refractivity contribution in [2.24, 2.45) is 5.73 Å². The predicted molar refractivity (Wildman–Crippen MR) is 65.2 cm³/mol. The third-order valence-electron chi connectivity index (χ3n) is 2.46. The van der Waals surface area contributed by atoms with E-state index in [0.717, 1.165) is 24.2 Å². The number of nitrogens with two attached hydrogens (primary N) is 1. The van der Waals surface area contributed by atoms with Gasteiger partial charge in [-0.05, 0) is 12.5 Å². The number of fused-ring (bicyclic) bond motifs is 1. The lowest BCUT2D eigenvalue weighted by molar-refractivity contribution is -0.106. The van der Waals surface area contributed by atoms with Gasteiger partial charge in [0.15, 0.2) is 0 Å². The summed E-state index contributed by atoms with van der Waals surface area (Å²) in [6.07, 6.45) is 2.29. The van der Waals surface area contributed by atoms with Crippen LogP contribution in [-0.2, 0) is 17.6 Å². The number of hydrogen-bond acceptors (Lipinski definition) is 2. The van der Waals surface area contributed by atoms with Gasteiger partial charge in [-0.3, -0.25) is 4.79 Å². The van der Waals surface area contributed by atoms with E-state index in [9.17, 15) is 0 Å². The summed E-state index contributed by atoms with van der Waals surface area (Å²) in [4.78, 5) is 8.58. The number of hydrogen-bond donors (Lipinski definition) is 1. The summed E-state index contributed by atoms with van der Waals surface area (Å²) in [5.74, 6) is 1.14. The molecule has 16 heavy (non-hydrogen) atoms. The van der Waals surface area contributed by atoms with Crippen molar-refractivity contribution < 1.29 is 9.21 Å². The lowest BCUT2D eigenvalue weighted by Crippen LogP contribution is -1.83. The van der Waals surface area contributed by atoms with Crippen LogP contribution >= 0.6 is 0 Å². The molecule has 0 saturated heterocycles. The highest BCUT2D eigenvalue weighted by Gasteiger charge is 2.09. The number of para-hydroxylation sites is 1. The molecule has 1 aromatic carbocycles. The molecule has 0 saturated carbocycles. The number of rotatable bonds is 2. The minimum absolute atomic E-state index is 0.250. The van der Waals surface area contributed by atoms with E-state index in [1.165, 1.54) is 10.9 Å². The second kappa shape index (κ2) is 5.95. The second-order valence-corrected chi connectivity index (χ2v) is 3.34. The molecule has 1 amide bonds. The second-order valence-electron chi connectivity index (χ2n) is 3.34. The minimum atomic E-state index is 0.250. The highest BCUT2D eigenvalue weighted by Crippen LogP contribution is 2.26. The molecular weight excluding hydrogens is 202 g/mol. The Morgan fingerprint density at radius 1 is 1.25 bits per heavy atom. The molecule has 86 valence electrons. The van der Waals surface area contributed by atoms with Crippen molar-refractivity contribution in [2.75, 3.05) is 0 Å². The lowest BCUT2D eigenvalue weighted by atomic mass is 10.1. The molecule has 3 heteroatoms. The first-order valence-corrected chi connectivity index (χ1v) is 5.43. The van der Waals surface area contributed by atoms with Crippen LogP contribution in [0.1, 0.15) is 25.2 Å². The molecule has 0 aliphatic rings. The van der Waals surface area contributed by atoms with E-state index < -0.39 is 0 Å². The van der Waals surface area contributed by atoms with Crippen molar-refractivity contribution in [3.8, 4) is 0 Å². The molecule has 0 radical (unpaired) electrons. The van der Waals surface area contributed by atoms with Gasteiger partial charge < -0.3 is 10.2 Å². The number of carbonyl (C=O) groups excluding carboxylic acids is 1. The molecule has 1 aromatic heterocycles. The van der Waals surface area contributed by atoms with Gasteiger partial charge in [-0.15, -0.1) is 0 Å². The summed E-state index contributed by atoms with van der Waals surface area (Å²) in [7, 11) is 0. The van der Waals surface area contributed by atoms with Gasteiger partial charge in [0.1, 0.15) is 11.3 Å². The zero-order valence-corrected chi connectivity index (χ0v) is 9.69. The Morgan fingerprint density at radius 3 is 2.44 bits per heavy atom. The van der Waals surface area contributed by atoms with Crippen LogP contribution in [0.3, 0.4) is 0 Å². The van der Waals surface area contributed by atoms with Gasteiger partial charge in [0.25, 0.3) is 0 Å². The normalized spacial score (nSPS) is 9.62. The average molecular weight is 219 g/mol. The molecule has 0 bridgehead atoms. The highest BCUT2D eigenvalue weighted by molar-refractivity contribution is 5.82. The molecule has 3 nitrogen and oxygen atoms in total. The molecule has 2 N–H and O–H groups in total. The number of carbonyl (C=O) groups is 1. The SMILES string of the molecule is CCc1oc2ccccc2c1CC.NC=O. The summed E-state index contributed by atoms with van der Waals surface area (Å²) >= 11 is 0. The van der Waals surface area contributed by atoms with Gasteiger partial charge in [-0.25, -0.2) is 0 Å². The van der Waals surface area contributed by atoms with E-state index >= 15 is 0 Å². The van der Waals surface area contributed by atoms with Crippen molar-refractivity contribution in [3.63, 3.8) is 0 Å². The topological polar surface area (TPSA) is 56.2 Å². The van der Waals surface area contributed by atoms with Crippen LogP contribution in [0.5, 0.6) is 0 Å². The summed E-state index contributed by atoms with van der Waals surface area (Å²) in [6, 6.07) is 8.26. The van der Waals surface area contributed by atoms with Crippen LogP contribution in [0.2, 0.25) is 0 Å². The molecule has 0 spiro atoms. The molecule has 0 atom stereocenters. The van der Waals surface area contributed by atoms with E-state index in [-0.39, 0.29) is 6.41 Å². The number of amides is 1. The molecular formula is C13H17NO2. The fraction of sp³-hybridized carbons (Fsp3) is 0.308. The fourth-order valence-corrected chi connectivity index (χ4v) is 1.82. The van der Waals surface area contributed by atoms with Crippen molar-refractivity contribution in [3.05, 3.63) is 35.6 Å².